The molecule has 2 atom stereocenters. The molecule has 0 aliphatic carbocycles. The first-order chi connectivity index (χ1) is 10.0. The molecule has 2 heterocycles. The number of hydrogen-bond donors (Lipinski definition) is 2. The van der Waals surface area contributed by atoms with Gasteiger partial charge in [-0.15, -0.1) is 0 Å². The number of halogens is 1. The van der Waals surface area contributed by atoms with Gasteiger partial charge in [0.25, 0.3) is 11.6 Å². The number of nitro benzene ring substituents is 1. The molecule has 6 nitrogen and oxygen atoms in total. The normalized spacial score (nSPS) is 27.4. The van der Waals surface area contributed by atoms with Crippen LogP contribution in [0.15, 0.2) is 18.2 Å². The molecule has 1 aromatic rings. The number of hydrogen-bond acceptors (Lipinski definition) is 4. The van der Waals surface area contributed by atoms with Gasteiger partial charge in [-0.3, -0.25) is 14.9 Å². The highest BCUT2D eigenvalue weighted by molar-refractivity contribution is 5.95. The van der Waals surface area contributed by atoms with Crippen LogP contribution in [0.25, 0.3) is 0 Å². The van der Waals surface area contributed by atoms with Gasteiger partial charge in [-0.25, -0.2) is 4.39 Å². The van der Waals surface area contributed by atoms with Crippen molar-refractivity contribution in [3.63, 3.8) is 0 Å². The summed E-state index contributed by atoms with van der Waals surface area (Å²) in [4.78, 5) is 22.2. The van der Waals surface area contributed by atoms with E-state index < -0.39 is 22.3 Å². The Kier molecular flexibility index (Phi) is 3.59. The van der Waals surface area contributed by atoms with Gasteiger partial charge in [0.1, 0.15) is 5.82 Å². The average molecular weight is 293 g/mol. The Morgan fingerprint density at radius 3 is 2.57 bits per heavy atom. The van der Waals surface area contributed by atoms with E-state index in [4.69, 9.17) is 0 Å². The molecule has 0 radical (unpaired) electrons. The van der Waals surface area contributed by atoms with Gasteiger partial charge < -0.3 is 10.6 Å². The maximum atomic E-state index is 13.4. The lowest BCUT2D eigenvalue weighted by Crippen LogP contribution is -2.48. The zero-order valence-corrected chi connectivity index (χ0v) is 11.3. The van der Waals surface area contributed by atoms with Gasteiger partial charge in [0.2, 0.25) is 0 Å². The van der Waals surface area contributed by atoms with Crippen molar-refractivity contribution < 1.29 is 14.1 Å². The van der Waals surface area contributed by atoms with Crippen LogP contribution in [0.4, 0.5) is 10.1 Å². The quantitative estimate of drug-likeness (QED) is 0.657. The Bertz CT molecular complexity index is 581. The Balaban J connectivity index is 1.72. The van der Waals surface area contributed by atoms with Crippen molar-refractivity contribution in [3.8, 4) is 0 Å². The number of non-ortho nitro benzene ring substituents is 1. The van der Waals surface area contributed by atoms with E-state index in [2.05, 4.69) is 10.6 Å². The van der Waals surface area contributed by atoms with Crippen molar-refractivity contribution in [1.29, 1.82) is 0 Å². The molecule has 0 saturated carbocycles. The van der Waals surface area contributed by atoms with Gasteiger partial charge in [-0.05, 0) is 31.7 Å². The molecule has 2 bridgehead atoms. The number of nitrogens with zero attached hydrogens (tertiary/aromatic N) is 1. The van der Waals surface area contributed by atoms with Gasteiger partial charge in [-0.1, -0.05) is 0 Å². The lowest BCUT2D eigenvalue weighted by Gasteiger charge is -2.29. The molecular weight excluding hydrogens is 277 g/mol. The third-order valence-corrected chi connectivity index (χ3v) is 4.16. The van der Waals surface area contributed by atoms with E-state index in [1.807, 2.05) is 0 Å². The summed E-state index contributed by atoms with van der Waals surface area (Å²) < 4.78 is 13.4. The molecule has 7 heteroatoms. The molecule has 1 aromatic carbocycles. The number of piperidine rings is 1. The summed E-state index contributed by atoms with van der Waals surface area (Å²) in [6, 6.07) is 3.83. The van der Waals surface area contributed by atoms with Crippen LogP contribution in [-0.2, 0) is 0 Å². The summed E-state index contributed by atoms with van der Waals surface area (Å²) in [7, 11) is 0. The van der Waals surface area contributed by atoms with Gasteiger partial charge in [0.05, 0.1) is 11.0 Å². The van der Waals surface area contributed by atoms with Crippen molar-refractivity contribution >= 4 is 11.6 Å². The maximum absolute atomic E-state index is 13.4. The van der Waals surface area contributed by atoms with Crippen LogP contribution in [-0.4, -0.2) is 29.0 Å². The second kappa shape index (κ2) is 5.40. The number of nitro groups is 1. The Morgan fingerprint density at radius 2 is 1.95 bits per heavy atom. The summed E-state index contributed by atoms with van der Waals surface area (Å²) in [6.07, 6.45) is 3.92. The first-order valence-corrected chi connectivity index (χ1v) is 7.03. The first kappa shape index (κ1) is 13.9. The monoisotopic (exact) mass is 293 g/mol. The van der Waals surface area contributed by atoms with Crippen molar-refractivity contribution in [2.75, 3.05) is 0 Å². The fourth-order valence-electron chi connectivity index (χ4n) is 3.25. The Morgan fingerprint density at radius 1 is 1.29 bits per heavy atom. The highest BCUT2D eigenvalue weighted by Crippen LogP contribution is 2.27. The van der Waals surface area contributed by atoms with Crippen LogP contribution in [0.5, 0.6) is 0 Å². The number of carbonyl (C=O) groups is 1. The minimum atomic E-state index is -0.778. The number of benzene rings is 1. The number of rotatable bonds is 3. The van der Waals surface area contributed by atoms with Crippen LogP contribution >= 0.6 is 0 Å². The Hall–Kier alpha value is -2.02. The highest BCUT2D eigenvalue weighted by atomic mass is 19.1. The molecule has 2 fully saturated rings. The minimum absolute atomic E-state index is 0.00687. The van der Waals surface area contributed by atoms with E-state index >= 15 is 0 Å². The molecule has 21 heavy (non-hydrogen) atoms. The summed E-state index contributed by atoms with van der Waals surface area (Å²) in [5, 5.41) is 17.0. The van der Waals surface area contributed by atoms with Crippen molar-refractivity contribution in [2.45, 2.75) is 43.8 Å². The molecule has 2 aliphatic heterocycles. The van der Waals surface area contributed by atoms with Crippen LogP contribution in [0.2, 0.25) is 0 Å². The van der Waals surface area contributed by atoms with Gasteiger partial charge >= 0.3 is 0 Å². The molecule has 0 aromatic heterocycles. The van der Waals surface area contributed by atoms with E-state index in [9.17, 15) is 19.3 Å². The molecule has 0 spiro atoms. The molecule has 2 N–H and O–H groups in total. The van der Waals surface area contributed by atoms with Crippen molar-refractivity contribution in [3.05, 3.63) is 39.7 Å². The molecule has 2 saturated heterocycles. The fraction of sp³-hybridized carbons (Fsp3) is 0.500. The number of nitrogens with one attached hydrogen (secondary N) is 2. The largest absolute Gasteiger partial charge is 0.349 e. The lowest BCUT2D eigenvalue weighted by molar-refractivity contribution is -0.385. The van der Waals surface area contributed by atoms with E-state index in [1.54, 1.807) is 0 Å². The number of carbonyl (C=O) groups excluding carboxylic acids is 1. The zero-order valence-electron chi connectivity index (χ0n) is 11.3. The third kappa shape index (κ3) is 3.02. The smallest absolute Gasteiger partial charge is 0.273 e. The zero-order chi connectivity index (χ0) is 15.0. The van der Waals surface area contributed by atoms with Crippen LogP contribution in [0, 0.1) is 15.9 Å². The summed E-state index contributed by atoms with van der Waals surface area (Å²) in [5.74, 6) is -1.23. The minimum Gasteiger partial charge on any atom is -0.349 e. The molecule has 112 valence electrons. The fourth-order valence-corrected chi connectivity index (χ4v) is 3.25. The standard InChI is InChI=1S/C14H16FN3O3/c15-9-3-8(4-13(5-9)18(20)21)14(19)17-12-6-10-1-2-11(7-12)16-10/h3-5,10-12,16H,1-2,6-7H2,(H,17,19). The van der Waals surface area contributed by atoms with Crippen molar-refractivity contribution in [2.24, 2.45) is 0 Å². The number of fused-ring (bicyclic) bond motifs is 2. The molecular formula is C14H16FN3O3. The van der Waals surface area contributed by atoms with Gasteiger partial charge in [0, 0.05) is 29.8 Å². The Labute approximate surface area is 120 Å². The first-order valence-electron chi connectivity index (χ1n) is 7.03. The van der Waals surface area contributed by atoms with E-state index in [-0.39, 0.29) is 11.6 Å². The van der Waals surface area contributed by atoms with E-state index in [0.717, 1.165) is 43.9 Å². The lowest BCUT2D eigenvalue weighted by atomic mass is 9.99. The molecule has 3 rings (SSSR count). The van der Waals surface area contributed by atoms with Crippen LogP contribution < -0.4 is 10.6 Å². The summed E-state index contributed by atoms with van der Waals surface area (Å²) in [5.41, 5.74) is -0.418. The predicted molar refractivity (Wildman–Crippen MR) is 73.5 cm³/mol. The van der Waals surface area contributed by atoms with E-state index in [0.29, 0.717) is 12.1 Å². The number of amides is 1. The third-order valence-electron chi connectivity index (χ3n) is 4.16. The molecule has 1 amide bonds. The topological polar surface area (TPSA) is 84.3 Å². The second-order valence-electron chi connectivity index (χ2n) is 5.73. The molecule has 2 unspecified atom stereocenters. The van der Waals surface area contributed by atoms with Crippen molar-refractivity contribution in [1.82, 2.24) is 10.6 Å². The van der Waals surface area contributed by atoms with Crippen LogP contribution in [0.3, 0.4) is 0 Å². The van der Waals surface area contributed by atoms with Gasteiger partial charge in [-0.2, -0.15) is 0 Å². The van der Waals surface area contributed by atoms with Crippen LogP contribution in [0.1, 0.15) is 36.0 Å². The van der Waals surface area contributed by atoms with Gasteiger partial charge in [0.15, 0.2) is 0 Å². The van der Waals surface area contributed by atoms with E-state index in [1.165, 1.54) is 0 Å². The molecule has 2 aliphatic rings. The highest BCUT2D eigenvalue weighted by Gasteiger charge is 2.34. The average Bonchev–Trinajstić information content (AvgIpc) is 2.77. The predicted octanol–water partition coefficient (Wildman–Crippen LogP) is 1.75. The maximum Gasteiger partial charge on any atom is 0.273 e. The second-order valence-corrected chi connectivity index (χ2v) is 5.73. The summed E-state index contributed by atoms with van der Waals surface area (Å²) >= 11 is 0. The summed E-state index contributed by atoms with van der Waals surface area (Å²) in [6.45, 7) is 0. The SMILES string of the molecule is O=C(NC1CC2CCC(C1)N2)c1cc(F)cc([N+](=O)[O-])c1.